The standard InChI is InChI=1S/C19H14N4O3/c24-18-15-9-5-4-8-14(15)17(19(25)26)16(12-22-11-10-20-21-22)23(18)13-6-2-1-3-7-13/h1-11H,12H2,(H,25,26). The number of hydrogen-bond donors (Lipinski definition) is 1. The van der Waals surface area contributed by atoms with Gasteiger partial charge in [-0.25, -0.2) is 9.48 Å². The molecule has 0 unspecified atom stereocenters. The molecule has 7 heteroatoms. The maximum Gasteiger partial charge on any atom is 0.338 e. The average molecular weight is 346 g/mol. The van der Waals surface area contributed by atoms with Gasteiger partial charge in [0.2, 0.25) is 0 Å². The van der Waals surface area contributed by atoms with Crippen LogP contribution in [0.5, 0.6) is 0 Å². The number of carbonyl (C=O) groups is 1. The van der Waals surface area contributed by atoms with Crippen LogP contribution in [0.1, 0.15) is 16.1 Å². The molecule has 7 nitrogen and oxygen atoms in total. The highest BCUT2D eigenvalue weighted by atomic mass is 16.4. The molecule has 0 aliphatic heterocycles. The van der Waals surface area contributed by atoms with E-state index in [1.165, 1.54) is 15.4 Å². The van der Waals surface area contributed by atoms with Crippen molar-refractivity contribution in [3.63, 3.8) is 0 Å². The maximum absolute atomic E-state index is 13.2. The fourth-order valence-corrected chi connectivity index (χ4v) is 3.11. The van der Waals surface area contributed by atoms with Gasteiger partial charge in [0, 0.05) is 22.7 Å². The topological polar surface area (TPSA) is 90.0 Å². The van der Waals surface area contributed by atoms with Crippen molar-refractivity contribution in [2.75, 3.05) is 0 Å². The van der Waals surface area contributed by atoms with Crippen molar-refractivity contribution >= 4 is 16.7 Å². The molecule has 26 heavy (non-hydrogen) atoms. The van der Waals surface area contributed by atoms with E-state index in [0.29, 0.717) is 22.2 Å². The van der Waals surface area contributed by atoms with E-state index in [0.717, 1.165) is 0 Å². The first kappa shape index (κ1) is 15.8. The highest BCUT2D eigenvalue weighted by molar-refractivity contribution is 6.04. The minimum atomic E-state index is -1.10. The van der Waals surface area contributed by atoms with Gasteiger partial charge in [0.15, 0.2) is 0 Å². The molecule has 0 fully saturated rings. The van der Waals surface area contributed by atoms with Gasteiger partial charge in [-0.1, -0.05) is 41.6 Å². The van der Waals surface area contributed by atoms with Crippen molar-refractivity contribution in [3.8, 4) is 5.69 Å². The summed E-state index contributed by atoms with van der Waals surface area (Å²) in [4.78, 5) is 25.3. The van der Waals surface area contributed by atoms with Gasteiger partial charge in [-0.2, -0.15) is 0 Å². The molecule has 0 amide bonds. The van der Waals surface area contributed by atoms with Crippen molar-refractivity contribution in [1.29, 1.82) is 0 Å². The Morgan fingerprint density at radius 3 is 2.35 bits per heavy atom. The minimum absolute atomic E-state index is 0.0829. The number of aromatic nitrogens is 4. The van der Waals surface area contributed by atoms with Gasteiger partial charge < -0.3 is 5.11 Å². The predicted octanol–water partition coefficient (Wildman–Crippen LogP) is 2.33. The Labute approximate surface area is 147 Å². The molecule has 0 radical (unpaired) electrons. The zero-order valence-electron chi connectivity index (χ0n) is 13.6. The molecule has 2 aromatic carbocycles. The zero-order valence-corrected chi connectivity index (χ0v) is 13.6. The second-order valence-electron chi connectivity index (χ2n) is 5.75. The predicted molar refractivity (Wildman–Crippen MR) is 95.6 cm³/mol. The molecule has 2 aromatic heterocycles. The van der Waals surface area contributed by atoms with Gasteiger partial charge in [0.25, 0.3) is 5.56 Å². The number of carboxylic acid groups (broad SMARTS) is 1. The Morgan fingerprint density at radius 2 is 1.69 bits per heavy atom. The summed E-state index contributed by atoms with van der Waals surface area (Å²) in [6.45, 7) is 0.108. The maximum atomic E-state index is 13.2. The van der Waals surface area contributed by atoms with E-state index in [2.05, 4.69) is 10.3 Å². The van der Waals surface area contributed by atoms with Gasteiger partial charge in [-0.3, -0.25) is 9.36 Å². The summed E-state index contributed by atoms with van der Waals surface area (Å²) in [5.74, 6) is -1.10. The third-order valence-electron chi connectivity index (χ3n) is 4.20. The van der Waals surface area contributed by atoms with Gasteiger partial charge >= 0.3 is 5.97 Å². The molecule has 2 heterocycles. The largest absolute Gasteiger partial charge is 0.478 e. The van der Waals surface area contributed by atoms with Gasteiger partial charge in [0.1, 0.15) is 0 Å². The summed E-state index contributed by atoms with van der Waals surface area (Å²) in [6, 6.07) is 15.7. The van der Waals surface area contributed by atoms with Gasteiger partial charge in [-0.15, -0.1) is 5.10 Å². The lowest BCUT2D eigenvalue weighted by Crippen LogP contribution is -2.27. The van der Waals surface area contributed by atoms with E-state index in [-0.39, 0.29) is 17.7 Å². The molecule has 0 aliphatic rings. The number of aromatic carboxylic acids is 1. The number of nitrogens with zero attached hydrogens (tertiary/aromatic N) is 4. The van der Waals surface area contributed by atoms with E-state index in [9.17, 15) is 14.7 Å². The SMILES string of the molecule is O=C(O)c1c(Cn2ccnn2)n(-c2ccccc2)c(=O)c2ccccc12. The van der Waals surface area contributed by atoms with E-state index >= 15 is 0 Å². The Hall–Kier alpha value is -3.74. The molecule has 0 spiro atoms. The van der Waals surface area contributed by atoms with Crippen molar-refractivity contribution in [2.45, 2.75) is 6.54 Å². The van der Waals surface area contributed by atoms with Crippen LogP contribution in [0.4, 0.5) is 0 Å². The van der Waals surface area contributed by atoms with E-state index in [1.807, 2.05) is 6.07 Å². The number of benzene rings is 2. The van der Waals surface area contributed by atoms with Crippen LogP contribution in [0.2, 0.25) is 0 Å². The lowest BCUT2D eigenvalue weighted by atomic mass is 10.0. The van der Waals surface area contributed by atoms with Crippen LogP contribution in [0.15, 0.2) is 71.8 Å². The molecule has 128 valence electrons. The number of rotatable bonds is 4. The van der Waals surface area contributed by atoms with Gasteiger partial charge in [0.05, 0.1) is 24.0 Å². The summed E-state index contributed by atoms with van der Waals surface area (Å²) < 4.78 is 2.93. The van der Waals surface area contributed by atoms with Crippen molar-refractivity contribution < 1.29 is 9.90 Å². The number of hydrogen-bond acceptors (Lipinski definition) is 4. The van der Waals surface area contributed by atoms with Crippen LogP contribution >= 0.6 is 0 Å². The van der Waals surface area contributed by atoms with Crippen LogP contribution < -0.4 is 5.56 Å². The smallest absolute Gasteiger partial charge is 0.338 e. The lowest BCUT2D eigenvalue weighted by Gasteiger charge is -2.18. The highest BCUT2D eigenvalue weighted by Crippen LogP contribution is 2.23. The van der Waals surface area contributed by atoms with Crippen LogP contribution in [0, 0.1) is 0 Å². The summed E-state index contributed by atoms with van der Waals surface area (Å²) in [6.07, 6.45) is 3.13. The third-order valence-corrected chi connectivity index (χ3v) is 4.20. The first-order valence-corrected chi connectivity index (χ1v) is 7.96. The van der Waals surface area contributed by atoms with Gasteiger partial charge in [-0.05, 0) is 18.2 Å². The van der Waals surface area contributed by atoms with E-state index < -0.39 is 5.97 Å². The fraction of sp³-hybridized carbons (Fsp3) is 0.0526. The second kappa shape index (κ2) is 6.29. The summed E-state index contributed by atoms with van der Waals surface area (Å²) in [5.41, 5.74) is 0.755. The molecule has 0 bridgehead atoms. The Kier molecular flexibility index (Phi) is 3.81. The minimum Gasteiger partial charge on any atom is -0.478 e. The fourth-order valence-electron chi connectivity index (χ4n) is 3.11. The normalized spacial score (nSPS) is 10.9. The number of pyridine rings is 1. The molecular formula is C19H14N4O3. The Morgan fingerprint density at radius 1 is 1.00 bits per heavy atom. The molecular weight excluding hydrogens is 332 g/mol. The Balaban J connectivity index is 2.14. The molecule has 1 N–H and O–H groups in total. The first-order valence-electron chi connectivity index (χ1n) is 7.96. The summed E-state index contributed by atoms with van der Waals surface area (Å²) >= 11 is 0. The first-order chi connectivity index (χ1) is 12.7. The molecule has 4 aromatic rings. The number of carboxylic acids is 1. The van der Waals surface area contributed by atoms with Crippen LogP contribution in [-0.2, 0) is 6.54 Å². The van der Waals surface area contributed by atoms with Crippen molar-refractivity contribution in [2.24, 2.45) is 0 Å². The quantitative estimate of drug-likeness (QED) is 0.612. The number of fused-ring (bicyclic) bond motifs is 1. The third kappa shape index (κ3) is 2.55. The zero-order chi connectivity index (χ0) is 18.1. The average Bonchev–Trinajstić information content (AvgIpc) is 3.16. The van der Waals surface area contributed by atoms with Crippen LogP contribution in [-0.4, -0.2) is 30.6 Å². The van der Waals surface area contributed by atoms with E-state index in [1.54, 1.807) is 54.7 Å². The number of para-hydroxylation sites is 1. The second-order valence-corrected chi connectivity index (χ2v) is 5.75. The molecule has 4 rings (SSSR count). The van der Waals surface area contributed by atoms with Crippen LogP contribution in [0.25, 0.3) is 16.5 Å². The molecule has 0 saturated carbocycles. The van der Waals surface area contributed by atoms with Crippen molar-refractivity contribution in [1.82, 2.24) is 19.6 Å². The highest BCUT2D eigenvalue weighted by Gasteiger charge is 2.22. The molecule has 0 atom stereocenters. The monoisotopic (exact) mass is 346 g/mol. The summed E-state index contributed by atoms with van der Waals surface area (Å²) in [7, 11) is 0. The Bertz CT molecular complexity index is 1150. The molecule has 0 saturated heterocycles. The van der Waals surface area contributed by atoms with E-state index in [4.69, 9.17) is 0 Å². The summed E-state index contributed by atoms with van der Waals surface area (Å²) in [5, 5.41) is 18.3. The molecule has 0 aliphatic carbocycles. The van der Waals surface area contributed by atoms with Crippen LogP contribution in [0.3, 0.4) is 0 Å². The lowest BCUT2D eigenvalue weighted by molar-refractivity contribution is 0.0696. The van der Waals surface area contributed by atoms with Crippen molar-refractivity contribution in [3.05, 3.63) is 88.6 Å².